The van der Waals surface area contributed by atoms with Crippen LogP contribution in [0, 0.1) is 28.9 Å². The summed E-state index contributed by atoms with van der Waals surface area (Å²) in [5.41, 5.74) is 4.68. The molecule has 4 N–H and O–H groups in total. The number of amides is 5. The van der Waals surface area contributed by atoms with E-state index >= 15 is 0 Å². The Hall–Kier alpha value is -8.65. The summed E-state index contributed by atoms with van der Waals surface area (Å²) in [4.78, 5) is 80.2. The number of ether oxygens (including phenoxy) is 2. The van der Waals surface area contributed by atoms with E-state index in [-0.39, 0.29) is 75.3 Å². The number of fused-ring (bicyclic) bond motifs is 2. The highest BCUT2D eigenvalue weighted by Crippen LogP contribution is 2.36. The molecule has 2 saturated heterocycles. The van der Waals surface area contributed by atoms with Gasteiger partial charge in [0.1, 0.15) is 46.6 Å². The van der Waals surface area contributed by atoms with E-state index in [4.69, 9.17) is 9.47 Å². The van der Waals surface area contributed by atoms with E-state index in [9.17, 15) is 50.8 Å². The Kier molecular flexibility index (Phi) is 15.4. The number of likely N-dealkylation sites (tertiary alicyclic amines) is 1. The number of methoxy groups -OCH3 is 1. The van der Waals surface area contributed by atoms with Crippen LogP contribution >= 0.6 is 0 Å². The number of nitriles is 1. The summed E-state index contributed by atoms with van der Waals surface area (Å²) in [5, 5.41) is 18.2. The number of carbonyl (C=O) groups is 5. The SMILES string of the molecule is COc1ncc(-c2ccc3nccc(-c4ccc(COC(=O)NCCNC(=O)CCc5cccc6c5CN(C(=O)C[C@@H]5C[C@@H](C(=O)N7CC(C)(F)C[C@H]7C#N)NC5=O)C6)nc4)c3c2)cc1NS(=O)(=O)c1ccc(F)cc1F. The van der Waals surface area contributed by atoms with Gasteiger partial charge >= 0.3 is 6.09 Å². The number of hydrogen-bond acceptors (Lipinski definition) is 13. The summed E-state index contributed by atoms with van der Waals surface area (Å²) in [6.45, 7) is 1.81. The van der Waals surface area contributed by atoms with E-state index in [1.807, 2.05) is 36.4 Å². The van der Waals surface area contributed by atoms with Crippen molar-refractivity contribution in [2.75, 3.05) is 31.5 Å². The molecule has 5 amide bonds. The molecule has 1 unspecified atom stereocenters. The van der Waals surface area contributed by atoms with Gasteiger partial charge in [-0.15, -0.1) is 0 Å². The number of nitrogens with one attached hydrogen (secondary N) is 4. The van der Waals surface area contributed by atoms with Crippen molar-refractivity contribution in [1.82, 2.24) is 40.7 Å². The third-order valence-corrected chi connectivity index (χ3v) is 15.1. The van der Waals surface area contributed by atoms with Gasteiger partial charge in [0, 0.05) is 92.5 Å². The molecule has 3 aliphatic heterocycles. The number of hydrogen-bond donors (Lipinski definition) is 4. The minimum absolute atomic E-state index is 0.0648. The quantitative estimate of drug-likeness (QED) is 0.0765. The highest BCUT2D eigenvalue weighted by molar-refractivity contribution is 7.92. The normalized spacial score (nSPS) is 18.8. The van der Waals surface area contributed by atoms with Crippen LogP contribution in [0.5, 0.6) is 5.88 Å². The number of sulfonamides is 1. The van der Waals surface area contributed by atoms with Crippen molar-refractivity contribution in [2.24, 2.45) is 5.92 Å². The van der Waals surface area contributed by atoms with Gasteiger partial charge in [-0.25, -0.2) is 31.4 Å². The van der Waals surface area contributed by atoms with Gasteiger partial charge in [0.15, 0.2) is 0 Å². The van der Waals surface area contributed by atoms with Crippen LogP contribution in [-0.4, -0.2) is 107 Å². The maximum atomic E-state index is 14.6. The number of halogens is 3. The zero-order chi connectivity index (χ0) is 54.6. The van der Waals surface area contributed by atoms with E-state index in [0.717, 1.165) is 45.3 Å². The molecule has 9 rings (SSSR count). The first kappa shape index (κ1) is 53.2. The van der Waals surface area contributed by atoms with E-state index in [1.54, 1.807) is 41.6 Å². The molecule has 77 heavy (non-hydrogen) atoms. The Bertz CT molecular complexity index is 3470. The number of pyridine rings is 3. The van der Waals surface area contributed by atoms with Gasteiger partial charge in [0.05, 0.1) is 30.9 Å². The van der Waals surface area contributed by atoms with Crippen molar-refractivity contribution < 1.29 is 55.0 Å². The van der Waals surface area contributed by atoms with Crippen LogP contribution in [0.25, 0.3) is 33.2 Å². The third-order valence-electron chi connectivity index (χ3n) is 13.7. The van der Waals surface area contributed by atoms with E-state index in [1.165, 1.54) is 31.2 Å². The largest absolute Gasteiger partial charge is 0.480 e. The molecule has 0 spiro atoms. The Morgan fingerprint density at radius 1 is 0.935 bits per heavy atom. The predicted molar refractivity (Wildman–Crippen MR) is 272 cm³/mol. The van der Waals surface area contributed by atoms with E-state index < -0.39 is 68.1 Å². The number of anilines is 1. The van der Waals surface area contributed by atoms with Crippen LogP contribution in [0.1, 0.15) is 55.0 Å². The van der Waals surface area contributed by atoms with Crippen LogP contribution in [0.3, 0.4) is 0 Å². The van der Waals surface area contributed by atoms with Crippen molar-refractivity contribution >= 4 is 56.3 Å². The maximum Gasteiger partial charge on any atom is 0.407 e. The first-order valence-electron chi connectivity index (χ1n) is 24.5. The van der Waals surface area contributed by atoms with Crippen molar-refractivity contribution in [2.45, 2.75) is 81.4 Å². The molecule has 3 aliphatic rings. The molecule has 4 atom stereocenters. The van der Waals surface area contributed by atoms with Gasteiger partial charge in [-0.2, -0.15) is 5.26 Å². The van der Waals surface area contributed by atoms with E-state index in [0.29, 0.717) is 47.9 Å². The predicted octanol–water partition coefficient (Wildman–Crippen LogP) is 6.01. The van der Waals surface area contributed by atoms with Crippen LogP contribution in [0.15, 0.2) is 102 Å². The summed E-state index contributed by atoms with van der Waals surface area (Å²) in [7, 11) is -3.22. The Morgan fingerprint density at radius 3 is 2.49 bits per heavy atom. The second-order valence-electron chi connectivity index (χ2n) is 19.2. The fourth-order valence-electron chi connectivity index (χ4n) is 9.79. The number of nitrogens with zero attached hydrogens (tertiary/aromatic N) is 6. The monoisotopic (exact) mass is 1070 g/mol. The topological polar surface area (TPSA) is 255 Å². The molecular formula is C54H51F3N10O9S. The standard InChI is InChI=1S/C54H51F3N10O9S/c1-54(57)23-39(24-58)67(30-54)52(71)46-19-35(50(70)64-46)21-49(69)66-27-34-5-3-4-31(42(34)28-66)8-13-48(68)60-16-17-61-53(72)76-29-38-10-6-33(25-62-38)40-14-15-59-44-11-7-32(18-41(40)44)36-20-45(51(75-2)63-26-36)65-77(73,74)47-12-9-37(55)22-43(47)56/h3-7,9-12,14-15,18,20,22,25-26,35,39,46,65H,8,13,16-17,19,21,23,27-30H2,1-2H3,(H,60,68)(H,61,72)(H,64,70)/t35-,39-,46-,54?/m0/s1. The maximum absolute atomic E-state index is 14.6. The Morgan fingerprint density at radius 2 is 1.73 bits per heavy atom. The van der Waals surface area contributed by atoms with Crippen molar-refractivity contribution in [3.63, 3.8) is 0 Å². The molecule has 19 nitrogen and oxygen atoms in total. The number of aromatic nitrogens is 3. The molecule has 0 saturated carbocycles. The first-order valence-corrected chi connectivity index (χ1v) is 26.0. The fourth-order valence-corrected chi connectivity index (χ4v) is 10.9. The van der Waals surface area contributed by atoms with Crippen LogP contribution < -0.4 is 25.4 Å². The zero-order valence-corrected chi connectivity index (χ0v) is 42.5. The summed E-state index contributed by atoms with van der Waals surface area (Å²) >= 11 is 0. The van der Waals surface area contributed by atoms with Crippen molar-refractivity contribution in [3.05, 3.63) is 131 Å². The number of rotatable bonds is 17. The number of alkyl carbamates (subject to hydrolysis) is 1. The van der Waals surface area contributed by atoms with E-state index in [2.05, 4.69) is 35.6 Å². The van der Waals surface area contributed by atoms with Crippen molar-refractivity contribution in [3.8, 4) is 34.2 Å². The minimum atomic E-state index is -4.51. The minimum Gasteiger partial charge on any atom is -0.480 e. The second kappa shape index (κ2) is 22.3. The first-order chi connectivity index (χ1) is 36.9. The summed E-state index contributed by atoms with van der Waals surface area (Å²) in [6.07, 6.45) is 4.42. The molecule has 23 heteroatoms. The highest BCUT2D eigenvalue weighted by Gasteiger charge is 2.48. The fraction of sp³-hybridized carbons (Fsp3) is 0.315. The molecule has 0 radical (unpaired) electrons. The Labute approximate surface area is 440 Å². The van der Waals surface area contributed by atoms with Crippen LogP contribution in [-0.2, 0) is 60.1 Å². The molecular weight excluding hydrogens is 1020 g/mol. The van der Waals surface area contributed by atoms with Gasteiger partial charge in [0.2, 0.25) is 29.5 Å². The lowest BCUT2D eigenvalue weighted by atomic mass is 9.98. The molecule has 2 fully saturated rings. The zero-order valence-electron chi connectivity index (χ0n) is 41.6. The molecule has 0 aliphatic carbocycles. The van der Waals surface area contributed by atoms with Gasteiger partial charge in [-0.3, -0.25) is 33.9 Å². The van der Waals surface area contributed by atoms with Crippen molar-refractivity contribution in [1.29, 1.82) is 5.26 Å². The lowest BCUT2D eigenvalue weighted by Gasteiger charge is -2.23. The van der Waals surface area contributed by atoms with Gasteiger partial charge < -0.3 is 35.2 Å². The molecule has 6 heterocycles. The van der Waals surface area contributed by atoms with Gasteiger partial charge in [0.25, 0.3) is 10.0 Å². The smallest absolute Gasteiger partial charge is 0.407 e. The summed E-state index contributed by atoms with van der Waals surface area (Å²) in [5.74, 6) is -4.51. The molecule has 3 aromatic carbocycles. The average Bonchev–Trinajstić information content (AvgIpc) is 4.12. The molecule has 398 valence electrons. The Balaban J connectivity index is 0.717. The molecule has 3 aromatic heterocycles. The number of carbonyl (C=O) groups excluding carboxylic acids is 5. The third kappa shape index (κ3) is 12.1. The van der Waals surface area contributed by atoms with Crippen LogP contribution in [0.4, 0.5) is 23.7 Å². The van der Waals surface area contributed by atoms with Crippen LogP contribution in [0.2, 0.25) is 0 Å². The van der Waals surface area contributed by atoms with Gasteiger partial charge in [-0.1, -0.05) is 30.3 Å². The lowest BCUT2D eigenvalue weighted by Crippen LogP contribution is -2.46. The second-order valence-corrected chi connectivity index (χ2v) is 20.8. The van der Waals surface area contributed by atoms with Gasteiger partial charge in [-0.05, 0) is 90.0 Å². The average molecular weight is 1070 g/mol. The number of benzene rings is 3. The molecule has 0 bridgehead atoms. The number of alkyl halides is 1. The number of aryl methyl sites for hydroxylation is 1. The highest BCUT2D eigenvalue weighted by atomic mass is 32.2. The lowest BCUT2D eigenvalue weighted by molar-refractivity contribution is -0.135. The summed E-state index contributed by atoms with van der Waals surface area (Å²) < 4.78 is 81.8. The summed E-state index contributed by atoms with van der Waals surface area (Å²) in [6, 6.07) is 20.1. The molecule has 6 aromatic rings.